The molecule has 0 radical (unpaired) electrons. The fraction of sp³-hybridized carbons (Fsp3) is 0.188. The Morgan fingerprint density at radius 1 is 1.15 bits per heavy atom. The molecule has 3 rings (SSSR count). The first-order valence-electron chi connectivity index (χ1n) is 7.80. The van der Waals surface area contributed by atoms with Crippen molar-refractivity contribution in [3.8, 4) is 0 Å². The number of aromatic nitrogens is 3. The summed E-state index contributed by atoms with van der Waals surface area (Å²) >= 11 is 0. The number of hydrogen-bond acceptors (Lipinski definition) is 7. The summed E-state index contributed by atoms with van der Waals surface area (Å²) in [7, 11) is -3.98. The number of aryl methyl sites for hydroxylation is 1. The molecule has 0 amide bonds. The molecule has 0 saturated carbocycles. The van der Waals surface area contributed by atoms with E-state index < -0.39 is 21.7 Å². The molecule has 0 aliphatic carbocycles. The molecule has 0 unspecified atom stereocenters. The molecule has 0 fully saturated rings. The van der Waals surface area contributed by atoms with Crippen molar-refractivity contribution < 1.29 is 21.7 Å². The molecule has 0 aliphatic rings. The SMILES string of the molecule is Cc1noc(CCNc2ccc(S(=O)(=O)Nc3ccc(F)c(F)c3)cn2)n1. The maximum absolute atomic E-state index is 13.2. The number of nitrogens with one attached hydrogen (secondary N) is 2. The van der Waals surface area contributed by atoms with E-state index in [0.29, 0.717) is 30.5 Å². The van der Waals surface area contributed by atoms with Crippen molar-refractivity contribution in [2.45, 2.75) is 18.2 Å². The van der Waals surface area contributed by atoms with Crippen LogP contribution in [-0.4, -0.2) is 30.1 Å². The van der Waals surface area contributed by atoms with Crippen LogP contribution in [0.25, 0.3) is 0 Å². The molecule has 0 saturated heterocycles. The highest BCUT2D eigenvalue weighted by molar-refractivity contribution is 7.92. The number of anilines is 2. The Labute approximate surface area is 153 Å². The van der Waals surface area contributed by atoms with E-state index in [4.69, 9.17) is 4.52 Å². The smallest absolute Gasteiger partial charge is 0.263 e. The molecule has 0 atom stereocenters. The van der Waals surface area contributed by atoms with E-state index >= 15 is 0 Å². The van der Waals surface area contributed by atoms with Crippen LogP contribution in [0.1, 0.15) is 11.7 Å². The Morgan fingerprint density at radius 2 is 1.96 bits per heavy atom. The minimum absolute atomic E-state index is 0.0917. The summed E-state index contributed by atoms with van der Waals surface area (Å²) in [5.74, 6) is -0.728. The first-order chi connectivity index (χ1) is 12.8. The van der Waals surface area contributed by atoms with Crippen LogP contribution in [0.15, 0.2) is 45.9 Å². The highest BCUT2D eigenvalue weighted by Gasteiger charge is 2.16. The van der Waals surface area contributed by atoms with E-state index in [1.54, 1.807) is 6.92 Å². The Balaban J connectivity index is 1.62. The van der Waals surface area contributed by atoms with Crippen molar-refractivity contribution in [1.82, 2.24) is 15.1 Å². The summed E-state index contributed by atoms with van der Waals surface area (Å²) in [6.45, 7) is 2.18. The quantitative estimate of drug-likeness (QED) is 0.632. The molecule has 2 N–H and O–H groups in total. The summed E-state index contributed by atoms with van der Waals surface area (Å²) in [5.41, 5.74) is -0.0917. The van der Waals surface area contributed by atoms with E-state index in [1.807, 2.05) is 0 Å². The predicted octanol–water partition coefficient (Wildman–Crippen LogP) is 2.51. The van der Waals surface area contributed by atoms with Gasteiger partial charge in [-0.2, -0.15) is 4.98 Å². The zero-order chi connectivity index (χ0) is 19.4. The Morgan fingerprint density at radius 3 is 2.59 bits per heavy atom. The average Bonchev–Trinajstić information content (AvgIpc) is 3.04. The lowest BCUT2D eigenvalue weighted by Crippen LogP contribution is -2.14. The Hall–Kier alpha value is -3.08. The maximum atomic E-state index is 13.2. The number of halogens is 2. The molecular formula is C16H15F2N5O3S. The third-order valence-corrected chi connectivity index (χ3v) is 4.80. The fourth-order valence-corrected chi connectivity index (χ4v) is 3.15. The molecule has 142 valence electrons. The van der Waals surface area contributed by atoms with Gasteiger partial charge in [0.2, 0.25) is 5.89 Å². The zero-order valence-electron chi connectivity index (χ0n) is 14.1. The van der Waals surface area contributed by atoms with Crippen LogP contribution >= 0.6 is 0 Å². The number of nitrogens with zero attached hydrogens (tertiary/aromatic N) is 3. The molecule has 27 heavy (non-hydrogen) atoms. The summed E-state index contributed by atoms with van der Waals surface area (Å²) in [5, 5.41) is 6.68. The van der Waals surface area contributed by atoms with Gasteiger partial charge in [-0.15, -0.1) is 0 Å². The molecule has 0 bridgehead atoms. The lowest BCUT2D eigenvalue weighted by atomic mass is 10.3. The van der Waals surface area contributed by atoms with Gasteiger partial charge < -0.3 is 9.84 Å². The van der Waals surface area contributed by atoms with Crippen LogP contribution in [-0.2, 0) is 16.4 Å². The molecule has 2 aromatic heterocycles. The van der Waals surface area contributed by atoms with Gasteiger partial charge in [-0.05, 0) is 31.2 Å². The standard InChI is InChI=1S/C16H15F2N5O3S/c1-10-21-16(26-22-10)6-7-19-15-5-3-12(9-20-15)27(24,25)23-11-2-4-13(17)14(18)8-11/h2-5,8-9,23H,6-7H2,1H3,(H,19,20). The number of pyridine rings is 1. The van der Waals surface area contributed by atoms with Gasteiger partial charge in [0, 0.05) is 25.2 Å². The molecule has 11 heteroatoms. The van der Waals surface area contributed by atoms with Crippen LogP contribution in [0.5, 0.6) is 0 Å². The number of rotatable bonds is 7. The van der Waals surface area contributed by atoms with Crippen molar-refractivity contribution in [2.75, 3.05) is 16.6 Å². The average molecular weight is 395 g/mol. The normalized spacial score (nSPS) is 11.4. The summed E-state index contributed by atoms with van der Waals surface area (Å²) in [6.07, 6.45) is 1.64. The summed E-state index contributed by atoms with van der Waals surface area (Å²) in [4.78, 5) is 7.97. The van der Waals surface area contributed by atoms with Crippen molar-refractivity contribution in [3.05, 3.63) is 59.9 Å². The molecule has 1 aromatic carbocycles. The van der Waals surface area contributed by atoms with Gasteiger partial charge in [0.1, 0.15) is 10.7 Å². The first kappa shape index (κ1) is 18.7. The van der Waals surface area contributed by atoms with E-state index in [0.717, 1.165) is 24.4 Å². The van der Waals surface area contributed by atoms with E-state index in [-0.39, 0.29) is 10.6 Å². The van der Waals surface area contributed by atoms with Crippen molar-refractivity contribution in [3.63, 3.8) is 0 Å². The topological polar surface area (TPSA) is 110 Å². The molecule has 8 nitrogen and oxygen atoms in total. The number of hydrogen-bond donors (Lipinski definition) is 2. The van der Waals surface area contributed by atoms with Crippen molar-refractivity contribution in [1.29, 1.82) is 0 Å². The third kappa shape index (κ3) is 4.76. The molecule has 0 aliphatic heterocycles. The predicted molar refractivity (Wildman–Crippen MR) is 92.6 cm³/mol. The Kier molecular flexibility index (Phi) is 5.31. The monoisotopic (exact) mass is 395 g/mol. The second-order valence-electron chi connectivity index (χ2n) is 5.53. The zero-order valence-corrected chi connectivity index (χ0v) is 14.9. The van der Waals surface area contributed by atoms with E-state index in [2.05, 4.69) is 25.2 Å². The summed E-state index contributed by atoms with van der Waals surface area (Å²) in [6, 6.07) is 5.55. The van der Waals surface area contributed by atoms with Crippen LogP contribution in [0.3, 0.4) is 0 Å². The van der Waals surface area contributed by atoms with Crippen molar-refractivity contribution >= 4 is 21.5 Å². The largest absolute Gasteiger partial charge is 0.370 e. The van der Waals surface area contributed by atoms with Crippen LogP contribution in [0, 0.1) is 18.6 Å². The second kappa shape index (κ2) is 7.66. The van der Waals surface area contributed by atoms with Crippen LogP contribution < -0.4 is 10.0 Å². The van der Waals surface area contributed by atoms with Gasteiger partial charge in [-0.1, -0.05) is 5.16 Å². The third-order valence-electron chi connectivity index (χ3n) is 3.43. The van der Waals surface area contributed by atoms with Crippen molar-refractivity contribution in [2.24, 2.45) is 0 Å². The van der Waals surface area contributed by atoms with Gasteiger partial charge in [0.05, 0.1) is 5.69 Å². The molecule has 3 aromatic rings. The van der Waals surface area contributed by atoms with Gasteiger partial charge in [-0.25, -0.2) is 22.2 Å². The lowest BCUT2D eigenvalue weighted by molar-refractivity contribution is 0.377. The lowest BCUT2D eigenvalue weighted by Gasteiger charge is -2.09. The van der Waals surface area contributed by atoms with Crippen LogP contribution in [0.4, 0.5) is 20.3 Å². The van der Waals surface area contributed by atoms with Gasteiger partial charge >= 0.3 is 0 Å². The first-order valence-corrected chi connectivity index (χ1v) is 9.29. The molecular weight excluding hydrogens is 380 g/mol. The minimum atomic E-state index is -3.98. The fourth-order valence-electron chi connectivity index (χ4n) is 2.16. The Bertz CT molecular complexity index is 1040. The molecule has 0 spiro atoms. The van der Waals surface area contributed by atoms with Gasteiger partial charge in [0.15, 0.2) is 17.5 Å². The van der Waals surface area contributed by atoms with Crippen LogP contribution in [0.2, 0.25) is 0 Å². The highest BCUT2D eigenvalue weighted by atomic mass is 32.2. The minimum Gasteiger partial charge on any atom is -0.370 e. The maximum Gasteiger partial charge on any atom is 0.263 e. The number of sulfonamides is 1. The van der Waals surface area contributed by atoms with Gasteiger partial charge in [-0.3, -0.25) is 4.72 Å². The second-order valence-corrected chi connectivity index (χ2v) is 7.21. The van der Waals surface area contributed by atoms with Gasteiger partial charge in [0.25, 0.3) is 10.0 Å². The highest BCUT2D eigenvalue weighted by Crippen LogP contribution is 2.18. The molecule has 2 heterocycles. The van der Waals surface area contributed by atoms with E-state index in [1.165, 1.54) is 12.1 Å². The number of benzene rings is 1. The summed E-state index contributed by atoms with van der Waals surface area (Å²) < 4.78 is 57.9. The van der Waals surface area contributed by atoms with E-state index in [9.17, 15) is 17.2 Å².